The van der Waals surface area contributed by atoms with E-state index in [0.717, 1.165) is 19.4 Å². The molecular formula is C15H14FN3O2. The Morgan fingerprint density at radius 1 is 1.48 bits per heavy atom. The number of nitrogens with one attached hydrogen (secondary N) is 1. The zero-order valence-corrected chi connectivity index (χ0v) is 11.3. The Morgan fingerprint density at radius 2 is 2.38 bits per heavy atom. The molecule has 2 aromatic heterocycles. The average molecular weight is 287 g/mol. The van der Waals surface area contributed by atoms with Gasteiger partial charge in [0.25, 0.3) is 5.56 Å². The molecule has 0 spiro atoms. The summed E-state index contributed by atoms with van der Waals surface area (Å²) in [6, 6.07) is 4.38. The van der Waals surface area contributed by atoms with Crippen molar-refractivity contribution in [1.29, 1.82) is 0 Å². The van der Waals surface area contributed by atoms with Crippen molar-refractivity contribution in [2.24, 2.45) is 0 Å². The van der Waals surface area contributed by atoms with E-state index in [-0.39, 0.29) is 17.5 Å². The third kappa shape index (κ3) is 2.03. The number of halogens is 1. The van der Waals surface area contributed by atoms with Gasteiger partial charge >= 0.3 is 0 Å². The number of fused-ring (bicyclic) bond motifs is 3. The molecule has 4 rings (SSSR count). The first kappa shape index (κ1) is 12.5. The van der Waals surface area contributed by atoms with Crippen LogP contribution < -0.4 is 5.56 Å². The predicted molar refractivity (Wildman–Crippen MR) is 76.8 cm³/mol. The predicted octanol–water partition coefficient (Wildman–Crippen LogP) is 2.20. The van der Waals surface area contributed by atoms with Crippen LogP contribution in [-0.2, 0) is 11.3 Å². The maximum absolute atomic E-state index is 13.4. The molecule has 1 fully saturated rings. The summed E-state index contributed by atoms with van der Waals surface area (Å²) in [6.07, 6.45) is 3.58. The van der Waals surface area contributed by atoms with E-state index in [2.05, 4.69) is 9.97 Å². The van der Waals surface area contributed by atoms with Crippen molar-refractivity contribution in [2.75, 3.05) is 6.61 Å². The summed E-state index contributed by atoms with van der Waals surface area (Å²) in [5, 5.41) is 0.631. The molecule has 1 unspecified atom stereocenters. The van der Waals surface area contributed by atoms with E-state index in [1.54, 1.807) is 10.6 Å². The highest BCUT2D eigenvalue weighted by Crippen LogP contribution is 2.22. The van der Waals surface area contributed by atoms with E-state index in [9.17, 15) is 9.18 Å². The quantitative estimate of drug-likeness (QED) is 0.786. The zero-order chi connectivity index (χ0) is 14.4. The minimum atomic E-state index is -0.339. The van der Waals surface area contributed by atoms with Gasteiger partial charge in [0.2, 0.25) is 0 Å². The highest BCUT2D eigenvalue weighted by Gasteiger charge is 2.18. The van der Waals surface area contributed by atoms with E-state index in [1.807, 2.05) is 0 Å². The van der Waals surface area contributed by atoms with Crippen molar-refractivity contribution in [3.8, 4) is 0 Å². The molecule has 1 atom stereocenters. The molecule has 1 aliphatic rings. The molecule has 3 aromatic rings. The molecule has 1 aromatic carbocycles. The topological polar surface area (TPSA) is 59.9 Å². The van der Waals surface area contributed by atoms with Gasteiger partial charge in [-0.05, 0) is 31.0 Å². The summed E-state index contributed by atoms with van der Waals surface area (Å²) >= 11 is 0. The van der Waals surface area contributed by atoms with Crippen molar-refractivity contribution in [1.82, 2.24) is 14.5 Å². The van der Waals surface area contributed by atoms with Crippen LogP contribution in [0, 0.1) is 5.82 Å². The lowest BCUT2D eigenvalue weighted by Gasteiger charge is -2.10. The monoisotopic (exact) mass is 287 g/mol. The van der Waals surface area contributed by atoms with Crippen molar-refractivity contribution < 1.29 is 9.13 Å². The summed E-state index contributed by atoms with van der Waals surface area (Å²) in [6.45, 7) is 1.26. The smallest absolute Gasteiger partial charge is 0.277 e. The average Bonchev–Trinajstić information content (AvgIpc) is 3.09. The molecule has 108 valence electrons. The number of aromatic amines is 1. The molecule has 0 saturated carbocycles. The lowest BCUT2D eigenvalue weighted by Crippen LogP contribution is -2.26. The largest absolute Gasteiger partial charge is 0.376 e. The second-order valence-electron chi connectivity index (χ2n) is 5.38. The number of hydrogen-bond donors (Lipinski definition) is 1. The Kier molecular flexibility index (Phi) is 2.78. The molecule has 0 bridgehead atoms. The number of benzene rings is 1. The van der Waals surface area contributed by atoms with Crippen LogP contribution in [0.1, 0.15) is 12.8 Å². The third-order valence-corrected chi connectivity index (χ3v) is 3.96. The molecule has 1 N–H and O–H groups in total. The number of aromatic nitrogens is 3. The van der Waals surface area contributed by atoms with E-state index >= 15 is 0 Å². The van der Waals surface area contributed by atoms with Crippen LogP contribution >= 0.6 is 0 Å². The summed E-state index contributed by atoms with van der Waals surface area (Å²) < 4.78 is 20.5. The Bertz CT molecular complexity index is 878. The van der Waals surface area contributed by atoms with Crippen LogP contribution in [0.2, 0.25) is 0 Å². The molecule has 0 radical (unpaired) electrons. The lowest BCUT2D eigenvalue weighted by atomic mass is 10.2. The number of nitrogens with zero attached hydrogens (tertiary/aromatic N) is 2. The van der Waals surface area contributed by atoms with Crippen LogP contribution in [0.3, 0.4) is 0 Å². The molecule has 5 nitrogen and oxygen atoms in total. The van der Waals surface area contributed by atoms with Crippen LogP contribution in [-0.4, -0.2) is 27.2 Å². The van der Waals surface area contributed by atoms with Gasteiger partial charge in [0.15, 0.2) is 0 Å². The SMILES string of the molecule is O=c1c2[nH]c3ccc(F)cc3c2ncn1CC1CCCO1. The normalized spacial score (nSPS) is 18.8. The van der Waals surface area contributed by atoms with Gasteiger partial charge in [0.05, 0.1) is 19.0 Å². The Morgan fingerprint density at radius 3 is 3.19 bits per heavy atom. The van der Waals surface area contributed by atoms with Crippen molar-refractivity contribution >= 4 is 21.9 Å². The molecule has 3 heterocycles. The summed E-state index contributed by atoms with van der Waals surface area (Å²) in [5.41, 5.74) is 1.49. The Hall–Kier alpha value is -2.21. The standard InChI is InChI=1S/C15H14FN3O2/c16-9-3-4-12-11(6-9)13-14(18-12)15(20)19(8-17-13)7-10-2-1-5-21-10/h3-4,6,8,10,18H,1-2,5,7H2. The molecule has 1 aliphatic heterocycles. The van der Waals surface area contributed by atoms with Crippen LogP contribution in [0.15, 0.2) is 29.3 Å². The van der Waals surface area contributed by atoms with Gasteiger partial charge in [-0.15, -0.1) is 0 Å². The first-order valence-electron chi connectivity index (χ1n) is 7.00. The van der Waals surface area contributed by atoms with E-state index < -0.39 is 0 Å². The van der Waals surface area contributed by atoms with Crippen LogP contribution in [0.25, 0.3) is 21.9 Å². The molecule has 6 heteroatoms. The molecule has 21 heavy (non-hydrogen) atoms. The van der Waals surface area contributed by atoms with Crippen molar-refractivity contribution in [2.45, 2.75) is 25.5 Å². The van der Waals surface area contributed by atoms with Gasteiger partial charge in [-0.2, -0.15) is 0 Å². The number of rotatable bonds is 2. The third-order valence-electron chi connectivity index (χ3n) is 3.96. The Balaban J connectivity index is 1.86. The van der Waals surface area contributed by atoms with Gasteiger partial charge in [-0.1, -0.05) is 0 Å². The van der Waals surface area contributed by atoms with Crippen LogP contribution in [0.5, 0.6) is 0 Å². The number of hydrogen-bond acceptors (Lipinski definition) is 3. The van der Waals surface area contributed by atoms with Crippen LogP contribution in [0.4, 0.5) is 4.39 Å². The highest BCUT2D eigenvalue weighted by atomic mass is 19.1. The summed E-state index contributed by atoms with van der Waals surface area (Å²) in [7, 11) is 0. The number of ether oxygens (including phenoxy) is 1. The fraction of sp³-hybridized carbons (Fsp3) is 0.333. The van der Waals surface area contributed by atoms with Crippen molar-refractivity contribution in [3.05, 3.63) is 40.7 Å². The van der Waals surface area contributed by atoms with Gasteiger partial charge < -0.3 is 9.72 Å². The first-order chi connectivity index (χ1) is 10.2. The maximum atomic E-state index is 13.4. The molecule has 0 aliphatic carbocycles. The molecular weight excluding hydrogens is 273 g/mol. The first-order valence-corrected chi connectivity index (χ1v) is 7.00. The Labute approximate surface area is 119 Å². The fourth-order valence-electron chi connectivity index (χ4n) is 2.90. The minimum Gasteiger partial charge on any atom is -0.376 e. The van der Waals surface area contributed by atoms with E-state index in [0.29, 0.717) is 28.5 Å². The number of H-pyrrole nitrogens is 1. The minimum absolute atomic E-state index is 0.0729. The van der Waals surface area contributed by atoms with Gasteiger partial charge in [-0.3, -0.25) is 9.36 Å². The van der Waals surface area contributed by atoms with E-state index in [1.165, 1.54) is 18.5 Å². The van der Waals surface area contributed by atoms with E-state index in [4.69, 9.17) is 4.74 Å². The second kappa shape index (κ2) is 4.66. The lowest BCUT2D eigenvalue weighted by molar-refractivity contribution is 0.0960. The summed E-state index contributed by atoms with van der Waals surface area (Å²) in [4.78, 5) is 19.9. The second-order valence-corrected chi connectivity index (χ2v) is 5.38. The van der Waals surface area contributed by atoms with Gasteiger partial charge in [0.1, 0.15) is 16.9 Å². The van der Waals surface area contributed by atoms with Gasteiger partial charge in [-0.25, -0.2) is 9.37 Å². The molecule has 1 saturated heterocycles. The highest BCUT2D eigenvalue weighted by molar-refractivity contribution is 6.04. The molecule has 0 amide bonds. The van der Waals surface area contributed by atoms with Crippen molar-refractivity contribution in [3.63, 3.8) is 0 Å². The van der Waals surface area contributed by atoms with Gasteiger partial charge in [0, 0.05) is 17.5 Å². The fourth-order valence-corrected chi connectivity index (χ4v) is 2.90. The summed E-state index contributed by atoms with van der Waals surface area (Å²) in [5.74, 6) is -0.339. The zero-order valence-electron chi connectivity index (χ0n) is 11.3. The maximum Gasteiger partial charge on any atom is 0.277 e.